The van der Waals surface area contributed by atoms with Crippen molar-refractivity contribution >= 4 is 23.4 Å². The smallest absolute Gasteiger partial charge is 0.290 e. The number of benzene rings is 1. The van der Waals surface area contributed by atoms with Crippen molar-refractivity contribution in [3.63, 3.8) is 0 Å². The Morgan fingerprint density at radius 2 is 1.86 bits per heavy atom. The molecule has 7 heteroatoms. The first-order valence-electron chi connectivity index (χ1n) is 9.47. The average molecular weight is 382 g/mol. The van der Waals surface area contributed by atoms with Gasteiger partial charge in [-0.05, 0) is 49.2 Å². The fraction of sp³-hybridized carbons (Fsp3) is 0.381. The predicted molar refractivity (Wildman–Crippen MR) is 101 cm³/mol. The van der Waals surface area contributed by atoms with Crippen LogP contribution in [0.4, 0.5) is 5.69 Å². The second kappa shape index (κ2) is 7.50. The molecule has 1 aliphatic heterocycles. The Labute approximate surface area is 162 Å². The fourth-order valence-corrected chi connectivity index (χ4v) is 4.11. The Balaban J connectivity index is 1.64. The molecule has 1 saturated carbocycles. The summed E-state index contributed by atoms with van der Waals surface area (Å²) in [6.07, 6.45) is 5.08. The first-order chi connectivity index (χ1) is 13.6. The number of imide groups is 1. The number of ether oxygens (including phenoxy) is 1. The summed E-state index contributed by atoms with van der Waals surface area (Å²) in [5.74, 6) is -0.188. The molecular weight excluding hydrogens is 360 g/mol. The minimum absolute atomic E-state index is 0.0200. The van der Waals surface area contributed by atoms with Gasteiger partial charge in [-0.1, -0.05) is 12.8 Å². The Morgan fingerprint density at radius 1 is 1.14 bits per heavy atom. The van der Waals surface area contributed by atoms with Gasteiger partial charge in [0.1, 0.15) is 11.8 Å². The lowest BCUT2D eigenvalue weighted by atomic mass is 10.1. The van der Waals surface area contributed by atoms with E-state index in [1.165, 1.54) is 11.2 Å². The molecule has 0 spiro atoms. The maximum absolute atomic E-state index is 13.2. The van der Waals surface area contributed by atoms with Crippen LogP contribution in [0.5, 0.6) is 5.75 Å². The molecule has 4 rings (SSSR count). The van der Waals surface area contributed by atoms with Gasteiger partial charge in [0.05, 0.1) is 25.5 Å². The number of carbonyl (C=O) groups excluding carboxylic acids is 3. The number of nitrogens with zero attached hydrogens (tertiary/aromatic N) is 2. The molecule has 2 fully saturated rings. The Morgan fingerprint density at radius 3 is 2.46 bits per heavy atom. The van der Waals surface area contributed by atoms with Crippen molar-refractivity contribution in [1.82, 2.24) is 4.90 Å². The highest BCUT2D eigenvalue weighted by Gasteiger charge is 2.47. The number of furan rings is 1. The summed E-state index contributed by atoms with van der Waals surface area (Å²) in [6.45, 7) is 0. The van der Waals surface area contributed by atoms with E-state index >= 15 is 0 Å². The Kier molecular flexibility index (Phi) is 4.90. The van der Waals surface area contributed by atoms with E-state index in [0.29, 0.717) is 11.4 Å². The van der Waals surface area contributed by atoms with Gasteiger partial charge in [0.2, 0.25) is 5.91 Å². The van der Waals surface area contributed by atoms with Crippen molar-refractivity contribution in [2.45, 2.75) is 44.2 Å². The van der Waals surface area contributed by atoms with E-state index in [2.05, 4.69) is 0 Å². The maximum atomic E-state index is 13.2. The topological polar surface area (TPSA) is 80.1 Å². The van der Waals surface area contributed by atoms with Crippen LogP contribution in [-0.4, -0.2) is 41.8 Å². The molecule has 1 saturated heterocycles. The average Bonchev–Trinajstić information content (AvgIpc) is 3.46. The van der Waals surface area contributed by atoms with Gasteiger partial charge in [-0.3, -0.25) is 14.4 Å². The summed E-state index contributed by atoms with van der Waals surface area (Å²) in [5.41, 5.74) is 0.482. The number of hydrogen-bond donors (Lipinski definition) is 0. The van der Waals surface area contributed by atoms with Gasteiger partial charge in [-0.15, -0.1) is 0 Å². The molecule has 146 valence electrons. The minimum Gasteiger partial charge on any atom is -0.497 e. The van der Waals surface area contributed by atoms with E-state index in [0.717, 1.165) is 25.7 Å². The zero-order valence-electron chi connectivity index (χ0n) is 15.7. The second-order valence-electron chi connectivity index (χ2n) is 7.11. The van der Waals surface area contributed by atoms with E-state index in [9.17, 15) is 14.4 Å². The van der Waals surface area contributed by atoms with Crippen LogP contribution in [0.1, 0.15) is 42.7 Å². The van der Waals surface area contributed by atoms with E-state index in [4.69, 9.17) is 9.15 Å². The minimum atomic E-state index is -0.810. The third-order valence-corrected chi connectivity index (χ3v) is 5.47. The second-order valence-corrected chi connectivity index (χ2v) is 7.11. The first kappa shape index (κ1) is 18.3. The SMILES string of the molecule is COc1ccc(N2C(=O)CC(N(C(=O)c3ccco3)C3CCCC3)C2=O)cc1. The third kappa shape index (κ3) is 3.17. The van der Waals surface area contributed by atoms with Crippen molar-refractivity contribution in [3.05, 3.63) is 48.4 Å². The molecule has 1 atom stereocenters. The van der Waals surface area contributed by atoms with Crippen LogP contribution in [0.25, 0.3) is 0 Å². The van der Waals surface area contributed by atoms with Gasteiger partial charge >= 0.3 is 0 Å². The van der Waals surface area contributed by atoms with Gasteiger partial charge in [0.15, 0.2) is 5.76 Å². The van der Waals surface area contributed by atoms with Gasteiger partial charge in [0, 0.05) is 6.04 Å². The number of methoxy groups -OCH3 is 1. The Hall–Kier alpha value is -3.09. The zero-order valence-corrected chi connectivity index (χ0v) is 15.7. The molecule has 28 heavy (non-hydrogen) atoms. The van der Waals surface area contributed by atoms with E-state index < -0.39 is 6.04 Å². The lowest BCUT2D eigenvalue weighted by Gasteiger charge is -2.32. The monoisotopic (exact) mass is 382 g/mol. The molecule has 1 aliphatic carbocycles. The van der Waals surface area contributed by atoms with Crippen LogP contribution in [0.2, 0.25) is 0 Å². The lowest BCUT2D eigenvalue weighted by Crippen LogP contribution is -2.50. The van der Waals surface area contributed by atoms with Crippen molar-refractivity contribution < 1.29 is 23.5 Å². The summed E-state index contributed by atoms with van der Waals surface area (Å²) in [4.78, 5) is 41.7. The highest BCUT2D eigenvalue weighted by Crippen LogP contribution is 2.33. The molecule has 0 radical (unpaired) electrons. The standard InChI is InChI=1S/C21H22N2O5/c1-27-16-10-8-15(9-11-16)23-19(24)13-17(20(23)25)22(14-5-2-3-6-14)21(26)18-7-4-12-28-18/h4,7-12,14,17H,2-3,5-6,13H2,1H3. The highest BCUT2D eigenvalue weighted by molar-refractivity contribution is 6.23. The number of hydrogen-bond acceptors (Lipinski definition) is 5. The Bertz CT molecular complexity index is 869. The van der Waals surface area contributed by atoms with Crippen molar-refractivity contribution in [1.29, 1.82) is 0 Å². The molecule has 1 unspecified atom stereocenters. The molecule has 2 aliphatic rings. The number of carbonyl (C=O) groups is 3. The van der Waals surface area contributed by atoms with Crippen LogP contribution in [-0.2, 0) is 9.59 Å². The van der Waals surface area contributed by atoms with Gasteiger partial charge < -0.3 is 14.1 Å². The predicted octanol–water partition coefficient (Wildman–Crippen LogP) is 3.01. The number of anilines is 1. The first-order valence-corrected chi connectivity index (χ1v) is 9.47. The van der Waals surface area contributed by atoms with E-state index in [-0.39, 0.29) is 35.9 Å². The maximum Gasteiger partial charge on any atom is 0.290 e. The van der Waals surface area contributed by atoms with Crippen LogP contribution < -0.4 is 9.64 Å². The number of amides is 3. The summed E-state index contributed by atoms with van der Waals surface area (Å²) >= 11 is 0. The highest BCUT2D eigenvalue weighted by atomic mass is 16.5. The molecule has 2 heterocycles. The van der Waals surface area contributed by atoms with Crippen LogP contribution >= 0.6 is 0 Å². The summed E-state index contributed by atoms with van der Waals surface area (Å²) < 4.78 is 10.4. The quantitative estimate of drug-likeness (QED) is 0.743. The van der Waals surface area contributed by atoms with E-state index in [1.807, 2.05) is 0 Å². The van der Waals surface area contributed by atoms with Gasteiger partial charge in [-0.2, -0.15) is 0 Å². The van der Waals surface area contributed by atoms with Gasteiger partial charge in [-0.25, -0.2) is 4.90 Å². The fourth-order valence-electron chi connectivity index (χ4n) is 4.11. The summed E-state index contributed by atoms with van der Waals surface area (Å²) in [7, 11) is 1.55. The lowest BCUT2D eigenvalue weighted by molar-refractivity contribution is -0.123. The molecular formula is C21H22N2O5. The molecule has 1 aromatic carbocycles. The summed E-state index contributed by atoms with van der Waals surface area (Å²) in [6, 6.07) is 9.11. The third-order valence-electron chi connectivity index (χ3n) is 5.47. The van der Waals surface area contributed by atoms with Crippen molar-refractivity contribution in [3.8, 4) is 5.75 Å². The molecule has 3 amide bonds. The number of rotatable bonds is 5. The van der Waals surface area contributed by atoms with Crippen molar-refractivity contribution in [2.75, 3.05) is 12.0 Å². The van der Waals surface area contributed by atoms with Crippen molar-refractivity contribution in [2.24, 2.45) is 0 Å². The van der Waals surface area contributed by atoms with E-state index in [1.54, 1.807) is 48.4 Å². The molecule has 0 N–H and O–H groups in total. The molecule has 1 aromatic heterocycles. The largest absolute Gasteiger partial charge is 0.497 e. The molecule has 0 bridgehead atoms. The van der Waals surface area contributed by atoms with Crippen LogP contribution in [0.3, 0.4) is 0 Å². The zero-order chi connectivity index (χ0) is 19.7. The molecule has 2 aromatic rings. The normalized spacial score (nSPS) is 20.0. The molecule has 7 nitrogen and oxygen atoms in total. The van der Waals surface area contributed by atoms with Crippen LogP contribution in [0.15, 0.2) is 47.1 Å². The van der Waals surface area contributed by atoms with Crippen LogP contribution in [0, 0.1) is 0 Å². The van der Waals surface area contributed by atoms with Gasteiger partial charge in [0.25, 0.3) is 11.8 Å². The summed E-state index contributed by atoms with van der Waals surface area (Å²) in [5, 5.41) is 0.